The molecule has 0 aliphatic carbocycles. The van der Waals surface area contributed by atoms with Gasteiger partial charge in [-0.05, 0) is 36.4 Å². The molecule has 156 valence electrons. The zero-order valence-corrected chi connectivity index (χ0v) is 17.5. The van der Waals surface area contributed by atoms with E-state index in [9.17, 15) is 14.4 Å². The van der Waals surface area contributed by atoms with E-state index in [1.54, 1.807) is 24.3 Å². The summed E-state index contributed by atoms with van der Waals surface area (Å²) in [5.41, 5.74) is 2.68. The number of carbonyl (C=O) groups is 3. The Morgan fingerprint density at radius 2 is 1.43 bits per heavy atom. The van der Waals surface area contributed by atoms with Gasteiger partial charge >= 0.3 is 0 Å². The fourth-order valence-corrected chi connectivity index (χ4v) is 2.84. The third-order valence-corrected chi connectivity index (χ3v) is 4.12. The molecule has 0 spiro atoms. The molecule has 0 fully saturated rings. The molecule has 0 aliphatic heterocycles. The summed E-state index contributed by atoms with van der Waals surface area (Å²) in [7, 11) is 0. The third kappa shape index (κ3) is 5.02. The highest BCUT2D eigenvalue weighted by molar-refractivity contribution is 6.07. The predicted molar refractivity (Wildman–Crippen MR) is 116 cm³/mol. The van der Waals surface area contributed by atoms with Crippen LogP contribution in [0.15, 0.2) is 40.8 Å². The van der Waals surface area contributed by atoms with Crippen LogP contribution in [-0.2, 0) is 15.0 Å². The van der Waals surface area contributed by atoms with Gasteiger partial charge < -0.3 is 20.4 Å². The highest BCUT2D eigenvalue weighted by atomic mass is 16.3. The normalized spacial score (nSPS) is 11.2. The molecule has 3 rings (SSSR count). The van der Waals surface area contributed by atoms with Crippen LogP contribution in [-0.4, -0.2) is 22.7 Å². The molecule has 2 aromatic carbocycles. The van der Waals surface area contributed by atoms with Gasteiger partial charge in [0.1, 0.15) is 5.52 Å². The van der Waals surface area contributed by atoms with E-state index < -0.39 is 5.91 Å². The number of amides is 3. The molecule has 8 nitrogen and oxygen atoms in total. The number of nitrogens with zero attached hydrogens (tertiary/aromatic N) is 1. The number of nitrogens with one attached hydrogen (secondary N) is 3. The van der Waals surface area contributed by atoms with E-state index in [4.69, 9.17) is 4.42 Å². The Kier molecular flexibility index (Phi) is 5.60. The highest BCUT2D eigenvalue weighted by Gasteiger charge is 2.21. The van der Waals surface area contributed by atoms with Gasteiger partial charge in [-0.15, -0.1) is 0 Å². The summed E-state index contributed by atoms with van der Waals surface area (Å²) in [6.07, 6.45) is 0. The van der Waals surface area contributed by atoms with E-state index >= 15 is 0 Å². The summed E-state index contributed by atoms with van der Waals surface area (Å²) in [5.74, 6) is -0.350. The first kappa shape index (κ1) is 21.0. The second-order valence-corrected chi connectivity index (χ2v) is 8.07. The topological polar surface area (TPSA) is 113 Å². The summed E-state index contributed by atoms with van der Waals surface area (Å²) < 4.78 is 5.78. The van der Waals surface area contributed by atoms with E-state index in [0.29, 0.717) is 34.1 Å². The molecule has 3 N–H and O–H groups in total. The van der Waals surface area contributed by atoms with Crippen molar-refractivity contribution in [2.24, 2.45) is 0 Å². The monoisotopic (exact) mass is 408 g/mol. The van der Waals surface area contributed by atoms with Crippen molar-refractivity contribution in [3.05, 3.63) is 47.9 Å². The Morgan fingerprint density at radius 3 is 1.97 bits per heavy atom. The first-order valence-corrected chi connectivity index (χ1v) is 9.44. The number of carbonyl (C=O) groups excluding carboxylic acids is 3. The number of aromatic nitrogens is 1. The highest BCUT2D eigenvalue weighted by Crippen LogP contribution is 2.28. The molecule has 1 aromatic heterocycles. The first-order valence-electron chi connectivity index (χ1n) is 9.44. The molecule has 0 bridgehead atoms. The lowest BCUT2D eigenvalue weighted by Gasteiger charge is -2.11. The van der Waals surface area contributed by atoms with Crippen LogP contribution in [0.5, 0.6) is 0 Å². The van der Waals surface area contributed by atoms with Gasteiger partial charge in [0.05, 0.1) is 0 Å². The minimum atomic E-state index is -0.396. The fraction of sp³-hybridized carbons (Fsp3) is 0.273. The zero-order valence-electron chi connectivity index (χ0n) is 17.5. The van der Waals surface area contributed by atoms with Gasteiger partial charge in [-0.1, -0.05) is 20.8 Å². The number of hydrogen-bond acceptors (Lipinski definition) is 5. The second kappa shape index (κ2) is 7.98. The summed E-state index contributed by atoms with van der Waals surface area (Å²) in [6.45, 7) is 8.76. The molecule has 0 saturated heterocycles. The maximum atomic E-state index is 12.8. The Labute approximate surface area is 174 Å². The van der Waals surface area contributed by atoms with E-state index in [1.165, 1.54) is 26.0 Å². The lowest BCUT2D eigenvalue weighted by Crippen LogP contribution is -2.15. The van der Waals surface area contributed by atoms with Gasteiger partial charge in [-0.3, -0.25) is 14.4 Å². The van der Waals surface area contributed by atoms with E-state index in [0.717, 1.165) is 0 Å². The second-order valence-electron chi connectivity index (χ2n) is 8.07. The Hall–Kier alpha value is -3.68. The molecule has 3 amide bonds. The van der Waals surface area contributed by atoms with Crippen molar-refractivity contribution in [3.8, 4) is 0 Å². The van der Waals surface area contributed by atoms with Crippen LogP contribution in [0.1, 0.15) is 50.9 Å². The third-order valence-electron chi connectivity index (χ3n) is 4.12. The van der Waals surface area contributed by atoms with Gasteiger partial charge in [0.25, 0.3) is 5.91 Å². The van der Waals surface area contributed by atoms with E-state index in [-0.39, 0.29) is 22.8 Å². The van der Waals surface area contributed by atoms with E-state index in [1.807, 2.05) is 20.8 Å². The van der Waals surface area contributed by atoms with Gasteiger partial charge in [0.15, 0.2) is 5.58 Å². The maximum absolute atomic E-state index is 12.8. The van der Waals surface area contributed by atoms with Crippen molar-refractivity contribution in [3.63, 3.8) is 0 Å². The summed E-state index contributed by atoms with van der Waals surface area (Å²) in [4.78, 5) is 40.1. The van der Waals surface area contributed by atoms with Crippen molar-refractivity contribution in [2.75, 3.05) is 16.0 Å². The average Bonchev–Trinajstić information content (AvgIpc) is 3.04. The van der Waals surface area contributed by atoms with Crippen LogP contribution < -0.4 is 16.0 Å². The molecule has 0 aliphatic rings. The molecule has 0 saturated carbocycles. The largest absolute Gasteiger partial charge is 0.440 e. The lowest BCUT2D eigenvalue weighted by atomic mass is 9.97. The molecule has 0 atom stereocenters. The number of hydrogen-bond donors (Lipinski definition) is 3. The van der Waals surface area contributed by atoms with Crippen LogP contribution >= 0.6 is 0 Å². The smallest absolute Gasteiger partial charge is 0.255 e. The molecule has 0 unspecified atom stereocenters. The van der Waals surface area contributed by atoms with E-state index in [2.05, 4.69) is 20.9 Å². The molecule has 0 radical (unpaired) electrons. The predicted octanol–water partition coefficient (Wildman–Crippen LogP) is 4.29. The van der Waals surface area contributed by atoms with Crippen LogP contribution in [0.4, 0.5) is 17.1 Å². The quantitative estimate of drug-likeness (QED) is 0.596. The van der Waals surface area contributed by atoms with Crippen molar-refractivity contribution in [1.29, 1.82) is 0 Å². The van der Waals surface area contributed by atoms with Crippen LogP contribution in [0.3, 0.4) is 0 Å². The Morgan fingerprint density at radius 1 is 0.833 bits per heavy atom. The summed E-state index contributed by atoms with van der Waals surface area (Å²) >= 11 is 0. The van der Waals surface area contributed by atoms with Crippen LogP contribution in [0.25, 0.3) is 11.1 Å². The standard InChI is InChI=1S/C22H24N4O4/c1-12(27)23-16-8-14(9-17(10-16)24-13(2)28)20(29)25-15-6-7-19-18(11-15)26-21(30-19)22(3,4)5/h6-11H,1-5H3,(H,23,27)(H,24,28)(H,25,29). The molecule has 3 aromatic rings. The van der Waals surface area contributed by atoms with Gasteiger partial charge in [0, 0.05) is 41.9 Å². The van der Waals surface area contributed by atoms with Crippen LogP contribution in [0.2, 0.25) is 0 Å². The Bertz CT molecular complexity index is 1110. The average molecular weight is 408 g/mol. The number of oxazole rings is 1. The maximum Gasteiger partial charge on any atom is 0.255 e. The first-order chi connectivity index (χ1) is 14.0. The minimum absolute atomic E-state index is 0.229. The summed E-state index contributed by atoms with van der Waals surface area (Å²) in [5, 5.41) is 8.07. The number of fused-ring (bicyclic) bond motifs is 1. The SMILES string of the molecule is CC(=O)Nc1cc(NC(C)=O)cc(C(=O)Nc2ccc3oc(C(C)(C)C)nc3c2)c1. The number of anilines is 3. The van der Waals surface area contributed by atoms with Gasteiger partial charge in [-0.25, -0.2) is 4.98 Å². The fourth-order valence-electron chi connectivity index (χ4n) is 2.84. The zero-order chi connectivity index (χ0) is 22.1. The van der Waals surface area contributed by atoms with Crippen molar-refractivity contribution < 1.29 is 18.8 Å². The lowest BCUT2D eigenvalue weighted by molar-refractivity contribution is -0.115. The Balaban J connectivity index is 1.88. The van der Waals surface area contributed by atoms with Gasteiger partial charge in [0.2, 0.25) is 17.7 Å². The van der Waals surface area contributed by atoms with Crippen molar-refractivity contribution >= 4 is 45.9 Å². The molecular weight excluding hydrogens is 384 g/mol. The molecule has 30 heavy (non-hydrogen) atoms. The van der Waals surface area contributed by atoms with Crippen LogP contribution in [0, 0.1) is 0 Å². The molecule has 8 heteroatoms. The summed E-state index contributed by atoms with van der Waals surface area (Å²) in [6, 6.07) is 9.87. The van der Waals surface area contributed by atoms with Gasteiger partial charge in [-0.2, -0.15) is 0 Å². The minimum Gasteiger partial charge on any atom is -0.440 e. The number of rotatable bonds is 4. The van der Waals surface area contributed by atoms with Crippen molar-refractivity contribution in [1.82, 2.24) is 4.98 Å². The number of benzene rings is 2. The molecular formula is C22H24N4O4. The van der Waals surface area contributed by atoms with Crippen molar-refractivity contribution in [2.45, 2.75) is 40.0 Å². The molecule has 1 heterocycles.